The monoisotopic (exact) mass is 192 g/mol. The molecule has 0 saturated carbocycles. The Labute approximate surface area is 84.9 Å². The van der Waals surface area contributed by atoms with E-state index in [0.29, 0.717) is 6.42 Å². The second-order valence-electron chi connectivity index (χ2n) is 3.62. The molecule has 0 amide bonds. The Bertz CT molecular complexity index is 320. The highest BCUT2D eigenvalue weighted by atomic mass is 16.5. The molecule has 0 aromatic heterocycles. The lowest BCUT2D eigenvalue weighted by molar-refractivity contribution is -0.113. The topological polar surface area (TPSA) is 26.3 Å². The highest BCUT2D eigenvalue weighted by Crippen LogP contribution is 2.29. The van der Waals surface area contributed by atoms with E-state index < -0.39 is 5.60 Å². The molecule has 14 heavy (non-hydrogen) atoms. The first-order valence-electron chi connectivity index (χ1n) is 4.69. The van der Waals surface area contributed by atoms with E-state index in [9.17, 15) is 4.79 Å². The number of aldehydes is 1. The Morgan fingerprint density at radius 2 is 2.07 bits per heavy atom. The van der Waals surface area contributed by atoms with Gasteiger partial charge in [0.2, 0.25) is 0 Å². The maximum Gasteiger partial charge on any atom is 0.123 e. The first kappa shape index (κ1) is 10.9. The van der Waals surface area contributed by atoms with Gasteiger partial charge in [-0.05, 0) is 25.0 Å². The fourth-order valence-electron chi connectivity index (χ4n) is 1.63. The number of hydrogen-bond donors (Lipinski definition) is 0. The standard InChI is InChI=1S/C12H16O2/c1-10-6-4-5-7-11(10)12(2,14-3)8-9-13/h4-7,9H,8H2,1-3H3. The average Bonchev–Trinajstić information content (AvgIpc) is 2.18. The molecule has 0 N–H and O–H groups in total. The molecule has 0 saturated heterocycles. The summed E-state index contributed by atoms with van der Waals surface area (Å²) in [7, 11) is 1.63. The maximum atomic E-state index is 10.6. The first-order chi connectivity index (χ1) is 6.64. The van der Waals surface area contributed by atoms with Gasteiger partial charge in [0.1, 0.15) is 6.29 Å². The molecule has 2 heteroatoms. The molecule has 0 radical (unpaired) electrons. The summed E-state index contributed by atoms with van der Waals surface area (Å²) >= 11 is 0. The molecule has 0 aliphatic carbocycles. The van der Waals surface area contributed by atoms with E-state index in [2.05, 4.69) is 0 Å². The summed E-state index contributed by atoms with van der Waals surface area (Å²) in [6.07, 6.45) is 1.28. The van der Waals surface area contributed by atoms with Gasteiger partial charge in [-0.3, -0.25) is 0 Å². The lowest BCUT2D eigenvalue weighted by atomic mass is 9.89. The van der Waals surface area contributed by atoms with Crippen molar-refractivity contribution in [2.75, 3.05) is 7.11 Å². The van der Waals surface area contributed by atoms with Crippen molar-refractivity contribution in [3.63, 3.8) is 0 Å². The van der Waals surface area contributed by atoms with Crippen LogP contribution in [0.2, 0.25) is 0 Å². The van der Waals surface area contributed by atoms with Crippen LogP contribution in [0.3, 0.4) is 0 Å². The molecule has 1 atom stereocenters. The smallest absolute Gasteiger partial charge is 0.123 e. The largest absolute Gasteiger partial charge is 0.373 e. The highest BCUT2D eigenvalue weighted by molar-refractivity contribution is 5.53. The molecule has 1 rings (SSSR count). The molecule has 0 aliphatic heterocycles. The molecule has 1 aromatic carbocycles. The van der Waals surface area contributed by atoms with Gasteiger partial charge in [0.25, 0.3) is 0 Å². The Morgan fingerprint density at radius 3 is 2.57 bits per heavy atom. The van der Waals surface area contributed by atoms with E-state index in [1.165, 1.54) is 0 Å². The lowest BCUT2D eigenvalue weighted by Gasteiger charge is -2.28. The molecule has 1 aromatic rings. The van der Waals surface area contributed by atoms with E-state index in [-0.39, 0.29) is 0 Å². The first-order valence-corrected chi connectivity index (χ1v) is 4.69. The molecule has 0 aliphatic rings. The van der Waals surface area contributed by atoms with E-state index in [4.69, 9.17) is 4.74 Å². The van der Waals surface area contributed by atoms with E-state index in [1.54, 1.807) is 7.11 Å². The molecular formula is C12H16O2. The van der Waals surface area contributed by atoms with Crippen LogP contribution < -0.4 is 0 Å². The minimum absolute atomic E-state index is 0.383. The summed E-state index contributed by atoms with van der Waals surface area (Å²) in [5.74, 6) is 0. The number of hydrogen-bond acceptors (Lipinski definition) is 2. The fourth-order valence-corrected chi connectivity index (χ4v) is 1.63. The minimum Gasteiger partial charge on any atom is -0.373 e. The Hall–Kier alpha value is -1.15. The number of carbonyl (C=O) groups is 1. The van der Waals surface area contributed by atoms with Crippen LogP contribution >= 0.6 is 0 Å². The van der Waals surface area contributed by atoms with Gasteiger partial charge in [-0.15, -0.1) is 0 Å². The van der Waals surface area contributed by atoms with Gasteiger partial charge >= 0.3 is 0 Å². The van der Waals surface area contributed by atoms with Crippen LogP contribution in [0.4, 0.5) is 0 Å². The van der Waals surface area contributed by atoms with Crippen molar-refractivity contribution in [1.82, 2.24) is 0 Å². The lowest BCUT2D eigenvalue weighted by Crippen LogP contribution is -2.25. The predicted octanol–water partition coefficient (Wildman–Crippen LogP) is 2.45. The highest BCUT2D eigenvalue weighted by Gasteiger charge is 2.26. The average molecular weight is 192 g/mol. The Balaban J connectivity index is 3.11. The van der Waals surface area contributed by atoms with Gasteiger partial charge < -0.3 is 9.53 Å². The maximum absolute atomic E-state index is 10.6. The number of methoxy groups -OCH3 is 1. The van der Waals surface area contributed by atoms with Gasteiger partial charge in [0.15, 0.2) is 0 Å². The van der Waals surface area contributed by atoms with Crippen LogP contribution in [0, 0.1) is 6.92 Å². The second kappa shape index (κ2) is 4.38. The molecule has 0 spiro atoms. The summed E-state index contributed by atoms with van der Waals surface area (Å²) in [4.78, 5) is 10.6. The van der Waals surface area contributed by atoms with Gasteiger partial charge in [-0.2, -0.15) is 0 Å². The van der Waals surface area contributed by atoms with E-state index in [1.807, 2.05) is 38.1 Å². The van der Waals surface area contributed by atoms with Crippen molar-refractivity contribution < 1.29 is 9.53 Å². The quantitative estimate of drug-likeness (QED) is 0.685. The van der Waals surface area contributed by atoms with Crippen molar-refractivity contribution in [2.45, 2.75) is 25.9 Å². The molecule has 1 unspecified atom stereocenters. The summed E-state index contributed by atoms with van der Waals surface area (Å²) in [5.41, 5.74) is 1.74. The van der Waals surface area contributed by atoms with Crippen molar-refractivity contribution in [3.05, 3.63) is 35.4 Å². The molecule has 0 heterocycles. The fraction of sp³-hybridized carbons (Fsp3) is 0.417. The van der Waals surface area contributed by atoms with Gasteiger partial charge in [-0.1, -0.05) is 24.3 Å². The third kappa shape index (κ3) is 2.02. The predicted molar refractivity (Wildman–Crippen MR) is 56.2 cm³/mol. The number of aryl methyl sites for hydroxylation is 1. The van der Waals surface area contributed by atoms with Crippen molar-refractivity contribution >= 4 is 6.29 Å². The van der Waals surface area contributed by atoms with Crippen LogP contribution in [0.15, 0.2) is 24.3 Å². The van der Waals surface area contributed by atoms with E-state index >= 15 is 0 Å². The van der Waals surface area contributed by atoms with Crippen molar-refractivity contribution in [3.8, 4) is 0 Å². The number of ether oxygens (including phenoxy) is 1. The van der Waals surface area contributed by atoms with Crippen LogP contribution in [-0.2, 0) is 15.1 Å². The van der Waals surface area contributed by atoms with Crippen LogP contribution in [0.1, 0.15) is 24.5 Å². The zero-order valence-corrected chi connectivity index (χ0v) is 8.91. The number of rotatable bonds is 4. The summed E-state index contributed by atoms with van der Waals surface area (Å²) in [6, 6.07) is 7.97. The summed E-state index contributed by atoms with van der Waals surface area (Å²) in [6.45, 7) is 3.96. The summed E-state index contributed by atoms with van der Waals surface area (Å²) < 4.78 is 5.41. The second-order valence-corrected chi connectivity index (χ2v) is 3.62. The molecular weight excluding hydrogens is 176 g/mol. The van der Waals surface area contributed by atoms with Crippen LogP contribution in [0.5, 0.6) is 0 Å². The normalized spacial score (nSPS) is 14.8. The third-order valence-corrected chi connectivity index (χ3v) is 2.64. The molecule has 2 nitrogen and oxygen atoms in total. The molecule has 76 valence electrons. The number of carbonyl (C=O) groups excluding carboxylic acids is 1. The van der Waals surface area contributed by atoms with Gasteiger partial charge in [-0.25, -0.2) is 0 Å². The third-order valence-electron chi connectivity index (χ3n) is 2.64. The van der Waals surface area contributed by atoms with Crippen molar-refractivity contribution in [2.24, 2.45) is 0 Å². The van der Waals surface area contributed by atoms with Crippen LogP contribution in [0.25, 0.3) is 0 Å². The Kier molecular flexibility index (Phi) is 3.42. The number of benzene rings is 1. The SMILES string of the molecule is COC(C)(CC=O)c1ccccc1C. The van der Waals surface area contributed by atoms with Gasteiger partial charge in [0, 0.05) is 13.5 Å². The zero-order chi connectivity index (χ0) is 10.6. The van der Waals surface area contributed by atoms with E-state index in [0.717, 1.165) is 17.4 Å². The van der Waals surface area contributed by atoms with Gasteiger partial charge in [0.05, 0.1) is 5.60 Å². The van der Waals surface area contributed by atoms with Crippen LogP contribution in [-0.4, -0.2) is 13.4 Å². The zero-order valence-electron chi connectivity index (χ0n) is 8.91. The summed E-state index contributed by atoms with van der Waals surface area (Å²) in [5, 5.41) is 0. The minimum atomic E-state index is -0.493. The molecule has 0 fully saturated rings. The Morgan fingerprint density at radius 1 is 1.43 bits per heavy atom. The van der Waals surface area contributed by atoms with Crippen molar-refractivity contribution in [1.29, 1.82) is 0 Å². The molecule has 0 bridgehead atoms.